The molecule has 0 fully saturated rings. The Morgan fingerprint density at radius 1 is 1.31 bits per heavy atom. The molecule has 0 radical (unpaired) electrons. The Hall–Kier alpha value is 0.940. The molecule has 1 rings (SSSR count). The Morgan fingerprint density at radius 3 is 2.31 bits per heavy atom. The highest BCUT2D eigenvalue weighted by Gasteiger charge is 2.06. The highest BCUT2D eigenvalue weighted by Crippen LogP contribution is 2.52. The van der Waals surface area contributed by atoms with E-state index in [1.54, 1.807) is 0 Å². The zero-order chi connectivity index (χ0) is 9.90. The van der Waals surface area contributed by atoms with E-state index in [-0.39, 0.29) is 0 Å². The van der Waals surface area contributed by atoms with Crippen molar-refractivity contribution in [2.24, 2.45) is 0 Å². The summed E-state index contributed by atoms with van der Waals surface area (Å²) in [5.74, 6) is 0. The zero-order valence-electron chi connectivity index (χ0n) is 7.59. The first kappa shape index (κ1) is 12.0. The van der Waals surface area contributed by atoms with Crippen molar-refractivity contribution < 1.29 is 0 Å². The lowest BCUT2D eigenvalue weighted by atomic mass is 10.4. The van der Waals surface area contributed by atoms with E-state index in [1.807, 2.05) is 23.9 Å². The molecule has 4 heteroatoms. The summed E-state index contributed by atoms with van der Waals surface area (Å²) in [7, 11) is -0.432. The molecule has 0 heterocycles. The molecule has 0 bridgehead atoms. The van der Waals surface area contributed by atoms with Gasteiger partial charge in [0.1, 0.15) is 0 Å². The third kappa shape index (κ3) is 5.40. The van der Waals surface area contributed by atoms with Gasteiger partial charge in [0.05, 0.1) is 0 Å². The maximum atomic E-state index is 5.80. The highest BCUT2D eigenvalue weighted by atomic mass is 127. The average Bonchev–Trinajstić information content (AvgIpc) is 2.02. The molecule has 0 aliphatic heterocycles. The second-order valence-corrected chi connectivity index (χ2v) is 15.2. The second-order valence-electron chi connectivity index (χ2n) is 3.12. The van der Waals surface area contributed by atoms with Crippen LogP contribution in [-0.2, 0) is 0 Å². The van der Waals surface area contributed by atoms with E-state index in [0.717, 1.165) is 5.02 Å². The number of hydrogen-bond donors (Lipinski definition) is 0. The molecular weight excluding hydrogens is 335 g/mol. The van der Waals surface area contributed by atoms with Gasteiger partial charge in [-0.3, -0.25) is 0 Å². The minimum atomic E-state index is -0.432. The van der Waals surface area contributed by atoms with Gasteiger partial charge in [-0.05, 0) is 58.0 Å². The van der Waals surface area contributed by atoms with Gasteiger partial charge in [0.15, 0.2) is 0 Å². The molecule has 0 aromatic heterocycles. The predicted octanol–water partition coefficient (Wildman–Crippen LogP) is 4.80. The van der Waals surface area contributed by atoms with E-state index in [1.165, 1.54) is 9.98 Å². The van der Waals surface area contributed by atoms with Gasteiger partial charge >= 0.3 is 0 Å². The van der Waals surface area contributed by atoms with Gasteiger partial charge in [-0.2, -0.15) is 7.20 Å². The molecule has 0 saturated heterocycles. The van der Waals surface area contributed by atoms with Gasteiger partial charge in [-0.1, -0.05) is 11.6 Å². The highest BCUT2D eigenvalue weighted by molar-refractivity contribution is 14.2. The van der Waals surface area contributed by atoms with Crippen LogP contribution in [0.25, 0.3) is 0 Å². The van der Waals surface area contributed by atoms with Crippen molar-refractivity contribution in [3.05, 3.63) is 29.3 Å². The molecule has 74 valence electrons. The number of benzene rings is 1. The van der Waals surface area contributed by atoms with E-state index >= 15 is 0 Å². The first-order valence-corrected chi connectivity index (χ1v) is 10.3. The van der Waals surface area contributed by atoms with Crippen LogP contribution in [0.15, 0.2) is 29.2 Å². The summed E-state index contributed by atoms with van der Waals surface area (Å²) in [5, 5.41) is 2.01. The first-order valence-electron chi connectivity index (χ1n) is 3.76. The van der Waals surface area contributed by atoms with Crippen LogP contribution in [0.1, 0.15) is 0 Å². The van der Waals surface area contributed by atoms with E-state index < -0.39 is 7.20 Å². The fraction of sp³-hybridized carbons (Fsp3) is 0.333. The first-order chi connectivity index (χ1) is 5.97. The van der Waals surface area contributed by atoms with Gasteiger partial charge < -0.3 is 0 Å². The molecule has 0 amide bonds. The van der Waals surface area contributed by atoms with Crippen molar-refractivity contribution in [3.8, 4) is 0 Å². The normalized spacial score (nSPS) is 12.9. The van der Waals surface area contributed by atoms with Gasteiger partial charge in [-0.25, -0.2) is 0 Å². The second kappa shape index (κ2) is 5.14. The summed E-state index contributed by atoms with van der Waals surface area (Å²) in [6, 6.07) is 8.04. The maximum Gasteiger partial charge on any atom is 0.0406 e. The van der Waals surface area contributed by atoms with Crippen LogP contribution in [0, 0.1) is 0 Å². The number of thioether (sulfide) groups is 1. The topological polar surface area (TPSA) is 0 Å². The predicted molar refractivity (Wildman–Crippen MR) is 75.6 cm³/mol. The Labute approximate surface area is 103 Å². The Morgan fingerprint density at radius 2 is 1.85 bits per heavy atom. The van der Waals surface area contributed by atoms with Crippen molar-refractivity contribution in [2.75, 3.05) is 17.6 Å². The largest absolute Gasteiger partial charge is 0.183 e. The Bertz CT molecular complexity index is 266. The van der Waals surface area contributed by atoms with Crippen molar-refractivity contribution >= 4 is 51.8 Å². The van der Waals surface area contributed by atoms with Crippen LogP contribution in [0.5, 0.6) is 0 Å². The quantitative estimate of drug-likeness (QED) is 0.559. The minimum Gasteiger partial charge on any atom is -0.183 e. The van der Waals surface area contributed by atoms with Crippen molar-refractivity contribution in [2.45, 2.75) is 4.90 Å². The van der Waals surface area contributed by atoms with Gasteiger partial charge in [0, 0.05) is 15.0 Å². The van der Waals surface area contributed by atoms with Crippen LogP contribution in [-0.4, -0.2) is 17.6 Å². The third-order valence-electron chi connectivity index (χ3n) is 1.32. The molecule has 0 N–H and O–H groups in total. The van der Waals surface area contributed by atoms with Crippen LogP contribution < -0.4 is 0 Å². The molecule has 0 spiro atoms. The van der Waals surface area contributed by atoms with E-state index in [9.17, 15) is 0 Å². The molecule has 0 saturated carbocycles. The van der Waals surface area contributed by atoms with Gasteiger partial charge in [0.25, 0.3) is 0 Å². The van der Waals surface area contributed by atoms with Crippen molar-refractivity contribution in [3.63, 3.8) is 0 Å². The molecule has 0 aliphatic carbocycles. The molecule has 1 aromatic carbocycles. The van der Waals surface area contributed by atoms with E-state index in [4.69, 9.17) is 11.6 Å². The zero-order valence-corrected chi connectivity index (χ0v) is 12.1. The fourth-order valence-corrected chi connectivity index (χ4v) is 4.00. The lowest BCUT2D eigenvalue weighted by Crippen LogP contribution is -1.86. The average molecular weight is 347 g/mol. The minimum absolute atomic E-state index is 0.432. The standard InChI is InChI=1S/C9H12ClIS2/c1-13(2,11)7-12-9-5-3-8(10)4-6-9/h3-6H,7H2,1-2H3. The monoisotopic (exact) mass is 346 g/mol. The molecule has 1 aromatic rings. The lowest BCUT2D eigenvalue weighted by molar-refractivity contribution is 1.47. The van der Waals surface area contributed by atoms with E-state index in [0.29, 0.717) is 0 Å². The van der Waals surface area contributed by atoms with Gasteiger partial charge in [0.2, 0.25) is 0 Å². The van der Waals surface area contributed by atoms with Crippen molar-refractivity contribution in [1.29, 1.82) is 0 Å². The number of hydrogen-bond acceptors (Lipinski definition) is 1. The molecule has 0 unspecified atom stereocenters. The van der Waals surface area contributed by atoms with Gasteiger partial charge in [-0.15, -0.1) is 11.8 Å². The smallest absolute Gasteiger partial charge is 0.0406 e. The molecule has 0 atom stereocenters. The summed E-state index contributed by atoms with van der Waals surface area (Å²) in [4.78, 5) is 1.31. The Balaban J connectivity index is 2.51. The summed E-state index contributed by atoms with van der Waals surface area (Å²) in [5.41, 5.74) is 0. The summed E-state index contributed by atoms with van der Waals surface area (Å²) in [6.45, 7) is 0. The molecule has 0 aliphatic rings. The summed E-state index contributed by atoms with van der Waals surface area (Å²) < 4.78 is 0. The van der Waals surface area contributed by atoms with Crippen LogP contribution >= 0.6 is 51.8 Å². The molecular formula is C9H12ClIS2. The van der Waals surface area contributed by atoms with E-state index in [2.05, 4.69) is 45.8 Å². The van der Waals surface area contributed by atoms with Crippen molar-refractivity contribution in [1.82, 2.24) is 0 Å². The maximum absolute atomic E-state index is 5.80. The SMILES string of the molecule is CS(C)(I)CSc1ccc(Cl)cc1. The lowest BCUT2D eigenvalue weighted by Gasteiger charge is -2.21. The van der Waals surface area contributed by atoms with Crippen LogP contribution in [0.4, 0.5) is 0 Å². The number of rotatable bonds is 3. The third-order valence-corrected chi connectivity index (χ3v) is 7.18. The summed E-state index contributed by atoms with van der Waals surface area (Å²) in [6.07, 6.45) is 4.63. The molecule has 13 heavy (non-hydrogen) atoms. The van der Waals surface area contributed by atoms with Crippen LogP contribution in [0.3, 0.4) is 0 Å². The molecule has 0 nitrogen and oxygen atoms in total. The number of halogens is 2. The fourth-order valence-electron chi connectivity index (χ4n) is 0.739. The Kier molecular flexibility index (Phi) is 4.75. The summed E-state index contributed by atoms with van der Waals surface area (Å²) >= 11 is 10.2. The van der Waals surface area contributed by atoms with Crippen LogP contribution in [0.2, 0.25) is 5.02 Å².